The van der Waals surface area contributed by atoms with Crippen LogP contribution in [0.1, 0.15) is 44.1 Å². The van der Waals surface area contributed by atoms with Crippen molar-refractivity contribution in [1.29, 1.82) is 0 Å². The predicted octanol–water partition coefficient (Wildman–Crippen LogP) is 3.82. The molecule has 17 heavy (non-hydrogen) atoms. The highest BCUT2D eigenvalue weighted by Crippen LogP contribution is 2.49. The maximum Gasteiger partial charge on any atom is 0.0545 e. The smallest absolute Gasteiger partial charge is 0.0545 e. The SMILES string of the molecule is CC1(CC2CSc3ccccc32)CCC(O)C1. The van der Waals surface area contributed by atoms with Crippen LogP contribution in [0.4, 0.5) is 0 Å². The number of aliphatic hydroxyl groups excluding tert-OH is 1. The molecular weight excluding hydrogens is 228 g/mol. The van der Waals surface area contributed by atoms with E-state index >= 15 is 0 Å². The van der Waals surface area contributed by atoms with Gasteiger partial charge in [0.05, 0.1) is 6.10 Å². The quantitative estimate of drug-likeness (QED) is 0.858. The van der Waals surface area contributed by atoms with E-state index < -0.39 is 0 Å². The predicted molar refractivity (Wildman–Crippen MR) is 72.5 cm³/mol. The van der Waals surface area contributed by atoms with E-state index in [1.807, 2.05) is 11.8 Å². The van der Waals surface area contributed by atoms with E-state index in [1.54, 1.807) is 5.56 Å². The van der Waals surface area contributed by atoms with Crippen molar-refractivity contribution in [3.05, 3.63) is 29.8 Å². The van der Waals surface area contributed by atoms with Crippen LogP contribution in [-0.4, -0.2) is 17.0 Å². The normalized spacial score (nSPS) is 36.1. The van der Waals surface area contributed by atoms with Crippen molar-refractivity contribution >= 4 is 11.8 Å². The summed E-state index contributed by atoms with van der Waals surface area (Å²) >= 11 is 2.00. The molecule has 1 fully saturated rings. The number of aliphatic hydroxyl groups is 1. The molecule has 3 unspecified atom stereocenters. The van der Waals surface area contributed by atoms with Gasteiger partial charge in [0.15, 0.2) is 0 Å². The maximum absolute atomic E-state index is 9.73. The fourth-order valence-corrected chi connectivity index (χ4v) is 4.72. The minimum absolute atomic E-state index is 0.0516. The average molecular weight is 248 g/mol. The monoisotopic (exact) mass is 248 g/mol. The molecule has 0 spiro atoms. The van der Waals surface area contributed by atoms with Crippen molar-refractivity contribution in [3.8, 4) is 0 Å². The average Bonchev–Trinajstić information content (AvgIpc) is 2.85. The minimum Gasteiger partial charge on any atom is -0.393 e. The van der Waals surface area contributed by atoms with Crippen LogP contribution in [0.5, 0.6) is 0 Å². The van der Waals surface area contributed by atoms with E-state index in [2.05, 4.69) is 31.2 Å². The second-order valence-electron chi connectivity index (χ2n) is 5.96. The summed E-state index contributed by atoms with van der Waals surface area (Å²) in [7, 11) is 0. The van der Waals surface area contributed by atoms with Gasteiger partial charge in [-0.1, -0.05) is 25.1 Å². The lowest BCUT2D eigenvalue weighted by atomic mass is 9.78. The topological polar surface area (TPSA) is 20.2 Å². The number of thioether (sulfide) groups is 1. The van der Waals surface area contributed by atoms with Crippen LogP contribution in [0, 0.1) is 5.41 Å². The molecule has 3 atom stereocenters. The van der Waals surface area contributed by atoms with Crippen LogP contribution in [-0.2, 0) is 0 Å². The molecule has 0 radical (unpaired) electrons. The zero-order valence-corrected chi connectivity index (χ0v) is 11.2. The van der Waals surface area contributed by atoms with Crippen LogP contribution < -0.4 is 0 Å². The molecule has 1 nitrogen and oxygen atoms in total. The largest absolute Gasteiger partial charge is 0.393 e. The van der Waals surface area contributed by atoms with Crippen LogP contribution in [0.25, 0.3) is 0 Å². The Morgan fingerprint density at radius 2 is 2.24 bits per heavy atom. The number of benzene rings is 1. The van der Waals surface area contributed by atoms with E-state index in [0.29, 0.717) is 11.3 Å². The summed E-state index contributed by atoms with van der Waals surface area (Å²) in [6.45, 7) is 2.36. The number of hydrogen-bond donors (Lipinski definition) is 1. The molecule has 1 heterocycles. The zero-order valence-electron chi connectivity index (χ0n) is 10.4. The molecule has 3 rings (SSSR count). The molecule has 1 aromatic carbocycles. The first kappa shape index (κ1) is 11.6. The summed E-state index contributed by atoms with van der Waals surface area (Å²) in [5.74, 6) is 1.93. The van der Waals surface area contributed by atoms with E-state index in [-0.39, 0.29) is 6.10 Å². The molecule has 1 aliphatic carbocycles. The fraction of sp³-hybridized carbons (Fsp3) is 0.600. The molecular formula is C15H20OS. The summed E-state index contributed by atoms with van der Waals surface area (Å²) in [5.41, 5.74) is 1.90. The molecule has 0 amide bonds. The van der Waals surface area contributed by atoms with Gasteiger partial charge in [0.2, 0.25) is 0 Å². The maximum atomic E-state index is 9.73. The number of hydrogen-bond acceptors (Lipinski definition) is 2. The van der Waals surface area contributed by atoms with E-state index in [0.717, 1.165) is 12.8 Å². The summed E-state index contributed by atoms with van der Waals surface area (Å²) < 4.78 is 0. The van der Waals surface area contributed by atoms with Gasteiger partial charge < -0.3 is 5.11 Å². The molecule has 0 bridgehead atoms. The molecule has 1 aromatic rings. The first-order valence-electron chi connectivity index (χ1n) is 6.56. The third-order valence-electron chi connectivity index (χ3n) is 4.35. The molecule has 0 aromatic heterocycles. The van der Waals surface area contributed by atoms with Crippen molar-refractivity contribution in [2.75, 3.05) is 5.75 Å². The second-order valence-corrected chi connectivity index (χ2v) is 7.02. The Morgan fingerprint density at radius 3 is 3.00 bits per heavy atom. The highest BCUT2D eigenvalue weighted by Gasteiger charge is 2.37. The lowest BCUT2D eigenvalue weighted by molar-refractivity contribution is 0.158. The van der Waals surface area contributed by atoms with Gasteiger partial charge in [-0.2, -0.15) is 0 Å². The van der Waals surface area contributed by atoms with E-state index in [9.17, 15) is 5.11 Å². The summed E-state index contributed by atoms with van der Waals surface area (Å²) in [6.07, 6.45) is 4.38. The van der Waals surface area contributed by atoms with Gasteiger partial charge in [-0.25, -0.2) is 0 Å². The Hall–Kier alpha value is -0.470. The molecule has 1 N–H and O–H groups in total. The summed E-state index contributed by atoms with van der Waals surface area (Å²) in [4.78, 5) is 1.47. The molecule has 1 saturated carbocycles. The van der Waals surface area contributed by atoms with Crippen LogP contribution in [0.3, 0.4) is 0 Å². The van der Waals surface area contributed by atoms with E-state index in [4.69, 9.17) is 0 Å². The van der Waals surface area contributed by atoms with Gasteiger partial charge in [-0.05, 0) is 48.6 Å². The molecule has 92 valence electrons. The second kappa shape index (κ2) is 4.33. The van der Waals surface area contributed by atoms with Crippen molar-refractivity contribution in [1.82, 2.24) is 0 Å². The van der Waals surface area contributed by atoms with Crippen LogP contribution in [0.15, 0.2) is 29.2 Å². The molecule has 2 aliphatic rings. The highest BCUT2D eigenvalue weighted by molar-refractivity contribution is 7.99. The molecule has 1 aliphatic heterocycles. The third-order valence-corrected chi connectivity index (χ3v) is 5.60. The Morgan fingerprint density at radius 1 is 1.41 bits per heavy atom. The van der Waals surface area contributed by atoms with Crippen molar-refractivity contribution < 1.29 is 5.11 Å². The van der Waals surface area contributed by atoms with Gasteiger partial charge in [-0.3, -0.25) is 0 Å². The number of fused-ring (bicyclic) bond motifs is 1. The fourth-order valence-electron chi connectivity index (χ4n) is 3.47. The van der Waals surface area contributed by atoms with E-state index in [1.165, 1.54) is 23.5 Å². The first-order chi connectivity index (χ1) is 8.16. The standard InChI is InChI=1S/C15H20OS/c1-15(7-6-12(16)9-15)8-11-10-17-14-5-3-2-4-13(11)14/h2-5,11-12,16H,6-10H2,1H3. The van der Waals surface area contributed by atoms with Gasteiger partial charge in [0, 0.05) is 10.6 Å². The third kappa shape index (κ3) is 2.25. The van der Waals surface area contributed by atoms with Crippen molar-refractivity contribution in [2.24, 2.45) is 5.41 Å². The minimum atomic E-state index is -0.0516. The molecule has 0 saturated heterocycles. The van der Waals surface area contributed by atoms with Gasteiger partial charge in [0.25, 0.3) is 0 Å². The van der Waals surface area contributed by atoms with Gasteiger partial charge >= 0.3 is 0 Å². The van der Waals surface area contributed by atoms with Crippen LogP contribution >= 0.6 is 11.8 Å². The number of rotatable bonds is 2. The molecule has 2 heteroatoms. The Bertz CT molecular complexity index is 417. The lowest BCUT2D eigenvalue weighted by Crippen LogP contribution is -2.17. The Balaban J connectivity index is 1.75. The van der Waals surface area contributed by atoms with Crippen molar-refractivity contribution in [2.45, 2.75) is 49.5 Å². The Labute approximate surface area is 108 Å². The summed E-state index contributed by atoms with van der Waals surface area (Å²) in [6, 6.07) is 8.82. The van der Waals surface area contributed by atoms with Gasteiger partial charge in [-0.15, -0.1) is 11.8 Å². The lowest BCUT2D eigenvalue weighted by Gasteiger charge is -2.27. The van der Waals surface area contributed by atoms with Crippen molar-refractivity contribution in [3.63, 3.8) is 0 Å². The van der Waals surface area contributed by atoms with Crippen LogP contribution in [0.2, 0.25) is 0 Å². The zero-order chi connectivity index (χ0) is 11.9. The Kier molecular flexibility index (Phi) is 2.95. The summed E-state index contributed by atoms with van der Waals surface area (Å²) in [5, 5.41) is 9.73. The van der Waals surface area contributed by atoms with Gasteiger partial charge in [0.1, 0.15) is 0 Å². The first-order valence-corrected chi connectivity index (χ1v) is 7.55. The highest BCUT2D eigenvalue weighted by atomic mass is 32.2.